The summed E-state index contributed by atoms with van der Waals surface area (Å²) in [5.41, 5.74) is 4.24. The number of hydrogen-bond donors (Lipinski definition) is 2. The first kappa shape index (κ1) is 16.0. The van der Waals surface area contributed by atoms with Crippen molar-refractivity contribution in [3.63, 3.8) is 0 Å². The number of aromatic amines is 1. The van der Waals surface area contributed by atoms with Crippen molar-refractivity contribution < 1.29 is 9.53 Å². The molecule has 2 aliphatic heterocycles. The first-order chi connectivity index (χ1) is 13.2. The van der Waals surface area contributed by atoms with Crippen molar-refractivity contribution in [2.75, 3.05) is 18.0 Å². The Bertz CT molecular complexity index is 1020. The zero-order valence-corrected chi connectivity index (χ0v) is 15.0. The minimum absolute atomic E-state index is 0.0247. The van der Waals surface area contributed by atoms with E-state index in [-0.39, 0.29) is 12.0 Å². The van der Waals surface area contributed by atoms with Crippen LogP contribution >= 0.6 is 0 Å². The van der Waals surface area contributed by atoms with Gasteiger partial charge in [0.25, 0.3) is 5.91 Å². The molecule has 8 nitrogen and oxygen atoms in total. The third-order valence-electron chi connectivity index (χ3n) is 5.26. The Kier molecular flexibility index (Phi) is 3.70. The summed E-state index contributed by atoms with van der Waals surface area (Å²) in [4.78, 5) is 18.8. The number of aryl methyl sites for hydroxylation is 1. The first-order valence-electron chi connectivity index (χ1n) is 9.18. The van der Waals surface area contributed by atoms with Gasteiger partial charge in [-0.1, -0.05) is 0 Å². The van der Waals surface area contributed by atoms with Crippen LogP contribution in [0.4, 0.5) is 5.82 Å². The number of anilines is 1. The average molecular weight is 364 g/mol. The Balaban J connectivity index is 1.27. The Labute approximate surface area is 155 Å². The van der Waals surface area contributed by atoms with Crippen molar-refractivity contribution >= 4 is 22.8 Å². The van der Waals surface area contributed by atoms with Gasteiger partial charge in [0.2, 0.25) is 0 Å². The summed E-state index contributed by atoms with van der Waals surface area (Å²) in [5.74, 6) is 1.78. The van der Waals surface area contributed by atoms with E-state index >= 15 is 0 Å². The molecular formula is C19H20N6O2. The molecule has 0 atom stereocenters. The molecular weight excluding hydrogens is 344 g/mol. The second kappa shape index (κ2) is 6.22. The van der Waals surface area contributed by atoms with Gasteiger partial charge in [0.05, 0.1) is 17.8 Å². The number of aromatic nitrogens is 4. The highest BCUT2D eigenvalue weighted by Crippen LogP contribution is 2.28. The molecule has 1 amide bonds. The fourth-order valence-electron chi connectivity index (χ4n) is 3.82. The van der Waals surface area contributed by atoms with Crippen LogP contribution in [0.1, 0.15) is 34.5 Å². The molecule has 2 aromatic heterocycles. The van der Waals surface area contributed by atoms with Gasteiger partial charge >= 0.3 is 0 Å². The zero-order chi connectivity index (χ0) is 18.4. The summed E-state index contributed by atoms with van der Waals surface area (Å²) in [6.07, 6.45) is 2.02. The van der Waals surface area contributed by atoms with Crippen LogP contribution in [0.5, 0.6) is 5.75 Å². The van der Waals surface area contributed by atoms with Gasteiger partial charge in [0.1, 0.15) is 28.7 Å². The molecule has 0 saturated carbocycles. The summed E-state index contributed by atoms with van der Waals surface area (Å²) < 4.78 is 6.15. The van der Waals surface area contributed by atoms with Crippen LogP contribution < -0.4 is 15.0 Å². The number of benzene rings is 1. The van der Waals surface area contributed by atoms with Crippen LogP contribution in [-0.4, -0.2) is 45.5 Å². The van der Waals surface area contributed by atoms with E-state index in [1.54, 1.807) is 0 Å². The SMILES string of the molecule is Cc1cc2c(nc1N1CCC(Oc3ccc4n[nH]nc4c3)CC1)CNC2=O. The normalized spacial score (nSPS) is 17.2. The number of carbonyl (C=O) groups excluding carboxylic acids is 1. The smallest absolute Gasteiger partial charge is 0.253 e. The summed E-state index contributed by atoms with van der Waals surface area (Å²) >= 11 is 0. The van der Waals surface area contributed by atoms with Gasteiger partial charge in [-0.25, -0.2) is 4.98 Å². The quantitative estimate of drug-likeness (QED) is 0.737. The van der Waals surface area contributed by atoms with Gasteiger partial charge in [0, 0.05) is 32.0 Å². The lowest BCUT2D eigenvalue weighted by molar-refractivity contribution is 0.0965. The van der Waals surface area contributed by atoms with Gasteiger partial charge in [-0.2, -0.15) is 15.4 Å². The number of rotatable bonds is 3. The third kappa shape index (κ3) is 2.87. The molecule has 4 heterocycles. The molecule has 1 fully saturated rings. The van der Waals surface area contributed by atoms with E-state index in [2.05, 4.69) is 25.6 Å². The molecule has 8 heteroatoms. The highest BCUT2D eigenvalue weighted by molar-refractivity contribution is 5.98. The average Bonchev–Trinajstić information content (AvgIpc) is 3.28. The Morgan fingerprint density at radius 3 is 2.81 bits per heavy atom. The van der Waals surface area contributed by atoms with Crippen molar-refractivity contribution in [1.29, 1.82) is 0 Å². The predicted molar refractivity (Wildman–Crippen MR) is 99.9 cm³/mol. The van der Waals surface area contributed by atoms with Crippen LogP contribution in [0.3, 0.4) is 0 Å². The third-order valence-corrected chi connectivity index (χ3v) is 5.26. The standard InChI is InChI=1S/C19H20N6O2/c1-11-8-14-17(10-20-19(14)26)21-18(11)25-6-4-12(5-7-25)27-13-2-3-15-16(9-13)23-24-22-15/h2-3,8-9,12H,4-7,10H2,1H3,(H,20,26)(H,22,23,24). The molecule has 27 heavy (non-hydrogen) atoms. The van der Waals surface area contributed by atoms with Crippen LogP contribution in [0.15, 0.2) is 24.3 Å². The summed E-state index contributed by atoms with van der Waals surface area (Å²) in [7, 11) is 0. The fourth-order valence-corrected chi connectivity index (χ4v) is 3.82. The van der Waals surface area contributed by atoms with E-state index in [9.17, 15) is 4.79 Å². The molecule has 0 unspecified atom stereocenters. The number of hydrogen-bond acceptors (Lipinski definition) is 6. The number of carbonyl (C=O) groups is 1. The van der Waals surface area contributed by atoms with Gasteiger partial charge in [-0.15, -0.1) is 0 Å². The summed E-state index contributed by atoms with van der Waals surface area (Å²) in [6.45, 7) is 4.30. The monoisotopic (exact) mass is 364 g/mol. The number of ether oxygens (including phenoxy) is 1. The molecule has 0 bridgehead atoms. The topological polar surface area (TPSA) is 96.0 Å². The maximum atomic E-state index is 11.8. The minimum atomic E-state index is -0.0247. The van der Waals surface area contributed by atoms with E-state index < -0.39 is 0 Å². The number of pyridine rings is 1. The van der Waals surface area contributed by atoms with Gasteiger partial charge < -0.3 is 15.0 Å². The van der Waals surface area contributed by atoms with E-state index in [1.165, 1.54) is 0 Å². The van der Waals surface area contributed by atoms with Gasteiger partial charge in [-0.3, -0.25) is 4.79 Å². The molecule has 0 aliphatic carbocycles. The molecule has 0 spiro atoms. The van der Waals surface area contributed by atoms with Crippen molar-refractivity contribution in [3.05, 3.63) is 41.1 Å². The van der Waals surface area contributed by atoms with Crippen LogP contribution in [0.2, 0.25) is 0 Å². The number of piperidine rings is 1. The predicted octanol–water partition coefficient (Wildman–Crippen LogP) is 1.95. The lowest BCUT2D eigenvalue weighted by Crippen LogP contribution is -2.39. The van der Waals surface area contributed by atoms with Crippen molar-refractivity contribution in [2.45, 2.75) is 32.4 Å². The van der Waals surface area contributed by atoms with Crippen molar-refractivity contribution in [1.82, 2.24) is 25.7 Å². The second-order valence-electron chi connectivity index (χ2n) is 7.08. The Morgan fingerprint density at radius 1 is 1.15 bits per heavy atom. The highest BCUT2D eigenvalue weighted by atomic mass is 16.5. The maximum absolute atomic E-state index is 11.8. The van der Waals surface area contributed by atoms with E-state index in [0.717, 1.165) is 59.8 Å². The summed E-state index contributed by atoms with van der Waals surface area (Å²) in [6, 6.07) is 7.72. The van der Waals surface area contributed by atoms with Crippen molar-refractivity contribution in [3.8, 4) is 5.75 Å². The molecule has 1 saturated heterocycles. The Morgan fingerprint density at radius 2 is 1.96 bits per heavy atom. The lowest BCUT2D eigenvalue weighted by Gasteiger charge is -2.34. The van der Waals surface area contributed by atoms with E-state index in [0.29, 0.717) is 12.1 Å². The molecule has 2 N–H and O–H groups in total. The van der Waals surface area contributed by atoms with E-state index in [1.807, 2.05) is 31.2 Å². The maximum Gasteiger partial charge on any atom is 0.253 e. The molecule has 5 rings (SSSR count). The van der Waals surface area contributed by atoms with Crippen molar-refractivity contribution in [2.24, 2.45) is 0 Å². The minimum Gasteiger partial charge on any atom is -0.490 e. The number of nitrogens with zero attached hydrogens (tertiary/aromatic N) is 4. The van der Waals surface area contributed by atoms with Crippen LogP contribution in [0.25, 0.3) is 11.0 Å². The number of H-pyrrole nitrogens is 1. The molecule has 138 valence electrons. The molecule has 1 aromatic carbocycles. The zero-order valence-electron chi connectivity index (χ0n) is 15.0. The molecule has 2 aliphatic rings. The van der Waals surface area contributed by atoms with E-state index in [4.69, 9.17) is 9.72 Å². The van der Waals surface area contributed by atoms with Gasteiger partial charge in [-0.05, 0) is 30.7 Å². The lowest BCUT2D eigenvalue weighted by atomic mass is 10.1. The second-order valence-corrected chi connectivity index (χ2v) is 7.08. The number of nitrogens with one attached hydrogen (secondary N) is 2. The fraction of sp³-hybridized carbons (Fsp3) is 0.368. The van der Waals surface area contributed by atoms with Gasteiger partial charge in [0.15, 0.2) is 0 Å². The number of amides is 1. The molecule has 3 aromatic rings. The van der Waals surface area contributed by atoms with Crippen LogP contribution in [-0.2, 0) is 6.54 Å². The first-order valence-corrected chi connectivity index (χ1v) is 9.18. The number of fused-ring (bicyclic) bond motifs is 2. The molecule has 0 radical (unpaired) electrons. The highest BCUT2D eigenvalue weighted by Gasteiger charge is 2.26. The summed E-state index contributed by atoms with van der Waals surface area (Å²) in [5, 5.41) is 13.6. The largest absolute Gasteiger partial charge is 0.490 e. The Hall–Kier alpha value is -3.16. The van der Waals surface area contributed by atoms with Crippen LogP contribution in [0, 0.1) is 6.92 Å².